The summed E-state index contributed by atoms with van der Waals surface area (Å²) in [7, 11) is 0. The molecule has 2 atom stereocenters. The van der Waals surface area contributed by atoms with Crippen molar-refractivity contribution in [3.8, 4) is 5.75 Å². The molecule has 0 spiro atoms. The van der Waals surface area contributed by atoms with Crippen molar-refractivity contribution >= 4 is 11.9 Å². The van der Waals surface area contributed by atoms with Crippen LogP contribution in [0.1, 0.15) is 45.6 Å². The van der Waals surface area contributed by atoms with Crippen LogP contribution in [0.3, 0.4) is 0 Å². The summed E-state index contributed by atoms with van der Waals surface area (Å²) in [4.78, 5) is 23.9. The second kappa shape index (κ2) is 14.4. The van der Waals surface area contributed by atoms with Gasteiger partial charge in [0.05, 0.1) is 35.9 Å². The predicted octanol–water partition coefficient (Wildman–Crippen LogP) is 3.37. The van der Waals surface area contributed by atoms with Crippen molar-refractivity contribution in [3.05, 3.63) is 54.1 Å². The molecule has 0 amide bonds. The summed E-state index contributed by atoms with van der Waals surface area (Å²) < 4.78 is 16.2. The molecule has 2 N–H and O–H groups in total. The molecule has 0 radical (unpaired) electrons. The van der Waals surface area contributed by atoms with Crippen LogP contribution in [0.15, 0.2) is 48.6 Å². The highest BCUT2D eigenvalue weighted by atomic mass is 16.6. The molecule has 0 aliphatic heterocycles. The van der Waals surface area contributed by atoms with Crippen molar-refractivity contribution in [1.82, 2.24) is 0 Å². The highest BCUT2D eigenvalue weighted by Crippen LogP contribution is 2.16. The second-order valence-electron chi connectivity index (χ2n) is 7.88. The number of unbranched alkanes of at least 4 members (excludes halogenated alkanes) is 2. The van der Waals surface area contributed by atoms with Gasteiger partial charge in [-0.15, -0.1) is 0 Å². The number of aliphatic hydroxyl groups excluding tert-OH is 2. The fourth-order valence-electron chi connectivity index (χ4n) is 2.60. The Balaban J connectivity index is 2.68. The summed E-state index contributed by atoms with van der Waals surface area (Å²) in [5, 5.41) is 18.9. The smallest absolute Gasteiger partial charge is 0.336 e. The molecule has 32 heavy (non-hydrogen) atoms. The molecule has 0 aliphatic rings. The van der Waals surface area contributed by atoms with Gasteiger partial charge >= 0.3 is 11.9 Å². The summed E-state index contributed by atoms with van der Waals surface area (Å²) >= 11 is 0. The Morgan fingerprint density at radius 1 is 0.875 bits per heavy atom. The van der Waals surface area contributed by atoms with Gasteiger partial charge < -0.3 is 24.4 Å². The highest BCUT2D eigenvalue weighted by molar-refractivity contribution is 5.89. The van der Waals surface area contributed by atoms with Crippen LogP contribution < -0.4 is 4.74 Å². The molecule has 0 saturated carbocycles. The Bertz CT molecular complexity index is 714. The molecule has 1 aromatic carbocycles. The predicted molar refractivity (Wildman–Crippen MR) is 122 cm³/mol. The average molecular weight is 449 g/mol. The van der Waals surface area contributed by atoms with Crippen molar-refractivity contribution in [2.75, 3.05) is 19.8 Å². The third kappa shape index (κ3) is 10.1. The number of benzene rings is 1. The SMILES string of the molecule is C=C(C(=O)OCC(COC(=O)C(=C)C(C)O)COc1ccc(CCCCC)cc1)C(C)O. The zero-order valence-electron chi connectivity index (χ0n) is 19.3. The quantitative estimate of drug-likeness (QED) is 0.241. The first-order valence-electron chi connectivity index (χ1n) is 10.9. The molecule has 2 unspecified atom stereocenters. The largest absolute Gasteiger partial charge is 0.493 e. The van der Waals surface area contributed by atoms with Gasteiger partial charge in [0.1, 0.15) is 19.0 Å². The van der Waals surface area contributed by atoms with Crippen LogP contribution in [0.5, 0.6) is 5.75 Å². The van der Waals surface area contributed by atoms with Crippen LogP contribution in [0, 0.1) is 5.92 Å². The lowest BCUT2D eigenvalue weighted by Crippen LogP contribution is -2.28. The molecule has 7 nitrogen and oxygen atoms in total. The number of aryl methyl sites for hydroxylation is 1. The van der Waals surface area contributed by atoms with Crippen molar-refractivity contribution in [1.29, 1.82) is 0 Å². The van der Waals surface area contributed by atoms with E-state index in [2.05, 4.69) is 20.1 Å². The zero-order valence-corrected chi connectivity index (χ0v) is 19.3. The van der Waals surface area contributed by atoms with E-state index >= 15 is 0 Å². The number of ether oxygens (including phenoxy) is 3. The molecular weight excluding hydrogens is 412 g/mol. The molecule has 0 aliphatic carbocycles. The van der Waals surface area contributed by atoms with Crippen molar-refractivity contribution in [2.24, 2.45) is 5.92 Å². The van der Waals surface area contributed by atoms with Crippen LogP contribution >= 0.6 is 0 Å². The van der Waals surface area contributed by atoms with E-state index in [-0.39, 0.29) is 31.0 Å². The first-order chi connectivity index (χ1) is 15.1. The first-order valence-corrected chi connectivity index (χ1v) is 10.9. The summed E-state index contributed by atoms with van der Waals surface area (Å²) in [5.41, 5.74) is 1.10. The maximum absolute atomic E-state index is 12.0. The van der Waals surface area contributed by atoms with E-state index in [0.717, 1.165) is 12.8 Å². The number of rotatable bonds is 15. The van der Waals surface area contributed by atoms with Gasteiger partial charge in [0, 0.05) is 0 Å². The average Bonchev–Trinajstić information content (AvgIpc) is 2.77. The molecule has 0 saturated heterocycles. The molecule has 0 heterocycles. The van der Waals surface area contributed by atoms with E-state index in [1.165, 1.54) is 32.3 Å². The van der Waals surface area contributed by atoms with E-state index in [4.69, 9.17) is 14.2 Å². The molecular formula is C25H36O7. The van der Waals surface area contributed by atoms with Crippen molar-refractivity contribution in [3.63, 3.8) is 0 Å². The number of aliphatic hydroxyl groups is 2. The number of carbonyl (C=O) groups excluding carboxylic acids is 2. The molecule has 0 bridgehead atoms. The van der Waals surface area contributed by atoms with Crippen LogP contribution in [0.2, 0.25) is 0 Å². The Kier molecular flexibility index (Phi) is 12.4. The minimum absolute atomic E-state index is 0.0668. The van der Waals surface area contributed by atoms with Gasteiger partial charge in [0.25, 0.3) is 0 Å². The van der Waals surface area contributed by atoms with Gasteiger partial charge in [-0.3, -0.25) is 0 Å². The van der Waals surface area contributed by atoms with Crippen molar-refractivity contribution in [2.45, 2.75) is 58.7 Å². The zero-order chi connectivity index (χ0) is 24.1. The van der Waals surface area contributed by atoms with Gasteiger partial charge in [-0.25, -0.2) is 9.59 Å². The van der Waals surface area contributed by atoms with E-state index in [1.807, 2.05) is 24.3 Å². The molecule has 0 aromatic heterocycles. The standard InChI is InChI=1S/C25H36O7/c1-6-7-8-9-21-10-12-23(13-11-21)30-14-22(15-31-24(28)17(2)19(4)26)16-32-25(29)18(3)20(5)27/h10-13,19-20,22,26-27H,2-3,6-9,14-16H2,1,4-5H3. The maximum atomic E-state index is 12.0. The summed E-state index contributed by atoms with van der Waals surface area (Å²) in [6, 6.07) is 7.78. The van der Waals surface area contributed by atoms with Gasteiger partial charge in [0.15, 0.2) is 0 Å². The lowest BCUT2D eigenvalue weighted by atomic mass is 10.1. The van der Waals surface area contributed by atoms with Crippen molar-refractivity contribution < 1.29 is 34.0 Å². The minimum atomic E-state index is -1.03. The first kappa shape index (κ1) is 27.4. The maximum Gasteiger partial charge on any atom is 0.336 e. The molecule has 7 heteroatoms. The Morgan fingerprint density at radius 2 is 1.38 bits per heavy atom. The van der Waals surface area contributed by atoms with Gasteiger partial charge in [-0.1, -0.05) is 45.1 Å². The van der Waals surface area contributed by atoms with Crippen LogP contribution in [-0.4, -0.2) is 54.2 Å². The monoisotopic (exact) mass is 448 g/mol. The number of hydrogen-bond acceptors (Lipinski definition) is 7. The van der Waals surface area contributed by atoms with Crippen LogP contribution in [0.4, 0.5) is 0 Å². The van der Waals surface area contributed by atoms with E-state index < -0.39 is 30.1 Å². The fraction of sp³-hybridized carbons (Fsp3) is 0.520. The Labute approximate surface area is 190 Å². The van der Waals surface area contributed by atoms with E-state index in [0.29, 0.717) is 5.75 Å². The highest BCUT2D eigenvalue weighted by Gasteiger charge is 2.21. The summed E-state index contributed by atoms with van der Waals surface area (Å²) in [5.74, 6) is -1.30. The number of carbonyl (C=O) groups is 2. The number of hydrogen-bond donors (Lipinski definition) is 2. The Hall–Kier alpha value is -2.64. The third-order valence-corrected chi connectivity index (χ3v) is 4.91. The Morgan fingerprint density at radius 3 is 1.81 bits per heavy atom. The second-order valence-corrected chi connectivity index (χ2v) is 7.88. The van der Waals surface area contributed by atoms with Gasteiger partial charge in [-0.2, -0.15) is 0 Å². The minimum Gasteiger partial charge on any atom is -0.493 e. The molecule has 0 fully saturated rings. The lowest BCUT2D eigenvalue weighted by molar-refractivity contribution is -0.145. The molecule has 178 valence electrons. The lowest BCUT2D eigenvalue weighted by Gasteiger charge is -2.19. The number of esters is 2. The van der Waals surface area contributed by atoms with Crippen LogP contribution in [-0.2, 0) is 25.5 Å². The fourth-order valence-corrected chi connectivity index (χ4v) is 2.60. The normalized spacial score (nSPS) is 13.5. The topological polar surface area (TPSA) is 102 Å². The van der Waals surface area contributed by atoms with E-state index in [1.54, 1.807) is 0 Å². The van der Waals surface area contributed by atoms with Gasteiger partial charge in [-0.05, 0) is 44.4 Å². The molecule has 1 aromatic rings. The molecule has 1 rings (SSSR count). The third-order valence-electron chi connectivity index (χ3n) is 4.91. The summed E-state index contributed by atoms with van der Waals surface area (Å²) in [6.07, 6.45) is 2.47. The van der Waals surface area contributed by atoms with Crippen LogP contribution in [0.25, 0.3) is 0 Å². The van der Waals surface area contributed by atoms with E-state index in [9.17, 15) is 19.8 Å². The van der Waals surface area contributed by atoms with Gasteiger partial charge in [0.2, 0.25) is 0 Å². The summed E-state index contributed by atoms with van der Waals surface area (Å²) in [6.45, 7) is 11.9.